The highest BCUT2D eigenvalue weighted by Gasteiger charge is 2.22. The van der Waals surface area contributed by atoms with Crippen molar-refractivity contribution in [3.8, 4) is 0 Å². The molecule has 0 bridgehead atoms. The minimum absolute atomic E-state index is 0.183. The first-order chi connectivity index (χ1) is 13.5. The topological polar surface area (TPSA) is 58.2 Å². The van der Waals surface area contributed by atoms with Gasteiger partial charge in [-0.1, -0.05) is 83.9 Å². The molecule has 3 rings (SSSR count). The van der Waals surface area contributed by atoms with Crippen molar-refractivity contribution in [2.24, 2.45) is 0 Å². The molecular formula is C22H18Cl2N2O2. The molecule has 0 aliphatic heterocycles. The fraction of sp³-hybridized carbons (Fsp3) is 0.0909. The Morgan fingerprint density at radius 2 is 1.39 bits per heavy atom. The van der Waals surface area contributed by atoms with E-state index in [0.29, 0.717) is 15.7 Å². The van der Waals surface area contributed by atoms with Gasteiger partial charge in [-0.25, -0.2) is 0 Å². The molecule has 0 radical (unpaired) electrons. The fourth-order valence-electron chi connectivity index (χ4n) is 2.84. The van der Waals surface area contributed by atoms with Crippen LogP contribution in [0.25, 0.3) is 0 Å². The van der Waals surface area contributed by atoms with Crippen LogP contribution >= 0.6 is 23.2 Å². The lowest BCUT2D eigenvalue weighted by Gasteiger charge is -2.18. The molecule has 0 spiro atoms. The molecule has 0 saturated carbocycles. The number of carbonyl (C=O) groups is 2. The first kappa shape index (κ1) is 19.9. The predicted octanol–water partition coefficient (Wildman–Crippen LogP) is 4.88. The van der Waals surface area contributed by atoms with Crippen LogP contribution in [0.4, 0.5) is 5.69 Å². The molecule has 0 unspecified atom stereocenters. The lowest BCUT2D eigenvalue weighted by molar-refractivity contribution is -0.124. The van der Waals surface area contributed by atoms with Crippen molar-refractivity contribution in [1.29, 1.82) is 0 Å². The summed E-state index contributed by atoms with van der Waals surface area (Å²) in [4.78, 5) is 25.1. The highest BCUT2D eigenvalue weighted by Crippen LogP contribution is 2.26. The van der Waals surface area contributed by atoms with E-state index >= 15 is 0 Å². The van der Waals surface area contributed by atoms with Crippen molar-refractivity contribution in [2.45, 2.75) is 5.92 Å². The largest absolute Gasteiger partial charge is 0.346 e. The zero-order valence-electron chi connectivity index (χ0n) is 14.9. The lowest BCUT2D eigenvalue weighted by atomic mass is 9.90. The molecular weight excluding hydrogens is 395 g/mol. The molecule has 3 aromatic rings. The number of rotatable bonds is 6. The number of benzene rings is 3. The maximum Gasteiger partial charge on any atom is 0.243 e. The molecule has 0 fully saturated rings. The number of hydrogen-bond acceptors (Lipinski definition) is 2. The molecule has 28 heavy (non-hydrogen) atoms. The van der Waals surface area contributed by atoms with E-state index < -0.39 is 11.8 Å². The van der Waals surface area contributed by atoms with Crippen LogP contribution in [0.1, 0.15) is 17.0 Å². The van der Waals surface area contributed by atoms with Gasteiger partial charge in [0.1, 0.15) is 0 Å². The van der Waals surface area contributed by atoms with E-state index in [1.807, 2.05) is 60.7 Å². The molecule has 0 atom stereocenters. The van der Waals surface area contributed by atoms with E-state index in [2.05, 4.69) is 10.6 Å². The van der Waals surface area contributed by atoms with Crippen molar-refractivity contribution >= 4 is 40.7 Å². The summed E-state index contributed by atoms with van der Waals surface area (Å²) in [5, 5.41) is 6.19. The second-order valence-corrected chi connectivity index (χ2v) is 6.99. The van der Waals surface area contributed by atoms with Gasteiger partial charge in [0.2, 0.25) is 11.8 Å². The van der Waals surface area contributed by atoms with Crippen molar-refractivity contribution < 1.29 is 9.59 Å². The van der Waals surface area contributed by atoms with E-state index in [1.54, 1.807) is 18.2 Å². The van der Waals surface area contributed by atoms with Gasteiger partial charge < -0.3 is 10.6 Å². The number of anilines is 1. The van der Waals surface area contributed by atoms with Crippen LogP contribution in [-0.2, 0) is 9.59 Å². The van der Waals surface area contributed by atoms with Crippen molar-refractivity contribution in [2.75, 3.05) is 11.9 Å². The van der Waals surface area contributed by atoms with Gasteiger partial charge in [0.25, 0.3) is 0 Å². The van der Waals surface area contributed by atoms with Gasteiger partial charge in [0.15, 0.2) is 0 Å². The highest BCUT2D eigenvalue weighted by atomic mass is 35.5. The summed E-state index contributed by atoms with van der Waals surface area (Å²) in [7, 11) is 0. The molecule has 2 amide bonds. The second kappa shape index (κ2) is 9.40. The van der Waals surface area contributed by atoms with E-state index in [0.717, 1.165) is 11.1 Å². The molecule has 0 heterocycles. The first-order valence-corrected chi connectivity index (χ1v) is 9.42. The molecule has 0 aromatic heterocycles. The number of halogens is 2. The van der Waals surface area contributed by atoms with E-state index in [-0.39, 0.29) is 12.5 Å². The number of nitrogens with one attached hydrogen (secondary N) is 2. The van der Waals surface area contributed by atoms with Crippen LogP contribution < -0.4 is 10.6 Å². The summed E-state index contributed by atoms with van der Waals surface area (Å²) in [6.45, 7) is -0.183. The minimum Gasteiger partial charge on any atom is -0.346 e. The lowest BCUT2D eigenvalue weighted by Crippen LogP contribution is -2.36. The smallest absolute Gasteiger partial charge is 0.243 e. The maximum atomic E-state index is 12.9. The third kappa shape index (κ3) is 5.12. The number of hydrogen-bond donors (Lipinski definition) is 2. The van der Waals surface area contributed by atoms with Crippen LogP contribution in [0.2, 0.25) is 10.0 Å². The van der Waals surface area contributed by atoms with Crippen LogP contribution in [0.3, 0.4) is 0 Å². The SMILES string of the molecule is O=C(CNC(=O)C(c1ccccc1)c1ccccc1)Nc1cc(Cl)ccc1Cl. The Morgan fingerprint density at radius 1 is 0.821 bits per heavy atom. The summed E-state index contributed by atoms with van der Waals surface area (Å²) < 4.78 is 0. The summed E-state index contributed by atoms with van der Waals surface area (Å²) in [5.74, 6) is -1.16. The van der Waals surface area contributed by atoms with Gasteiger partial charge in [0, 0.05) is 5.02 Å². The molecule has 2 N–H and O–H groups in total. The quantitative estimate of drug-likeness (QED) is 0.605. The predicted molar refractivity (Wildman–Crippen MR) is 113 cm³/mol. The third-order valence-corrected chi connectivity index (χ3v) is 4.72. The normalized spacial score (nSPS) is 10.5. The average molecular weight is 413 g/mol. The fourth-order valence-corrected chi connectivity index (χ4v) is 3.18. The first-order valence-electron chi connectivity index (χ1n) is 8.67. The van der Waals surface area contributed by atoms with E-state index in [1.165, 1.54) is 0 Å². The molecule has 4 nitrogen and oxygen atoms in total. The average Bonchev–Trinajstić information content (AvgIpc) is 2.71. The summed E-state index contributed by atoms with van der Waals surface area (Å²) >= 11 is 12.0. The van der Waals surface area contributed by atoms with Crippen LogP contribution in [0.5, 0.6) is 0 Å². The third-order valence-electron chi connectivity index (χ3n) is 4.15. The van der Waals surface area contributed by atoms with Crippen molar-refractivity contribution in [1.82, 2.24) is 5.32 Å². The van der Waals surface area contributed by atoms with Gasteiger partial charge in [-0.2, -0.15) is 0 Å². The minimum atomic E-state index is -0.509. The van der Waals surface area contributed by atoms with E-state index in [4.69, 9.17) is 23.2 Å². The van der Waals surface area contributed by atoms with Crippen LogP contribution in [-0.4, -0.2) is 18.4 Å². The Hall–Kier alpha value is -2.82. The Labute approximate surface area is 173 Å². The standard InChI is InChI=1S/C22H18Cl2N2O2/c23-17-11-12-18(24)19(13-17)26-20(27)14-25-22(28)21(15-7-3-1-4-8-15)16-9-5-2-6-10-16/h1-13,21H,14H2,(H,25,28)(H,26,27). The molecule has 142 valence electrons. The van der Waals surface area contributed by atoms with Crippen LogP contribution in [0, 0.1) is 0 Å². The molecule has 3 aromatic carbocycles. The van der Waals surface area contributed by atoms with E-state index in [9.17, 15) is 9.59 Å². The van der Waals surface area contributed by atoms with Gasteiger partial charge in [-0.15, -0.1) is 0 Å². The molecule has 0 aliphatic rings. The molecule has 0 saturated heterocycles. The highest BCUT2D eigenvalue weighted by molar-refractivity contribution is 6.35. The summed E-state index contributed by atoms with van der Waals surface area (Å²) in [5.41, 5.74) is 2.10. The maximum absolute atomic E-state index is 12.9. The monoisotopic (exact) mass is 412 g/mol. The zero-order valence-corrected chi connectivity index (χ0v) is 16.4. The molecule has 0 aliphatic carbocycles. The van der Waals surface area contributed by atoms with Gasteiger partial charge >= 0.3 is 0 Å². The van der Waals surface area contributed by atoms with Gasteiger partial charge in [-0.05, 0) is 29.3 Å². The van der Waals surface area contributed by atoms with Crippen molar-refractivity contribution in [3.63, 3.8) is 0 Å². The van der Waals surface area contributed by atoms with Gasteiger partial charge in [0.05, 0.1) is 23.2 Å². The van der Waals surface area contributed by atoms with Crippen molar-refractivity contribution in [3.05, 3.63) is 100 Å². The van der Waals surface area contributed by atoms with Crippen LogP contribution in [0.15, 0.2) is 78.9 Å². The Balaban J connectivity index is 1.70. The van der Waals surface area contributed by atoms with Gasteiger partial charge in [-0.3, -0.25) is 9.59 Å². The summed E-state index contributed by atoms with van der Waals surface area (Å²) in [6.07, 6.45) is 0. The summed E-state index contributed by atoms with van der Waals surface area (Å²) in [6, 6.07) is 23.7. The Bertz CT molecular complexity index is 923. The second-order valence-electron chi connectivity index (χ2n) is 6.14. The Morgan fingerprint density at radius 3 is 1.96 bits per heavy atom. The Kier molecular flexibility index (Phi) is 6.69. The zero-order chi connectivity index (χ0) is 19.9. The number of amides is 2. The number of carbonyl (C=O) groups excluding carboxylic acids is 2. The molecule has 6 heteroatoms.